The van der Waals surface area contributed by atoms with Crippen molar-refractivity contribution in [1.82, 2.24) is 4.90 Å². The van der Waals surface area contributed by atoms with Gasteiger partial charge in [-0.25, -0.2) is 0 Å². The summed E-state index contributed by atoms with van der Waals surface area (Å²) in [4.78, 5) is 2.16. The Morgan fingerprint density at radius 1 is 1.28 bits per heavy atom. The molecular formula is C25H42KN5O. The van der Waals surface area contributed by atoms with Crippen LogP contribution in [0.15, 0.2) is 30.1 Å². The van der Waals surface area contributed by atoms with Gasteiger partial charge in [-0.05, 0) is 56.5 Å². The number of anilines is 1. The van der Waals surface area contributed by atoms with E-state index >= 15 is 0 Å². The summed E-state index contributed by atoms with van der Waals surface area (Å²) in [7, 11) is 1.73. The molecule has 1 aromatic carbocycles. The molecule has 0 amide bonds. The summed E-state index contributed by atoms with van der Waals surface area (Å²) in [5.41, 5.74) is 7.16. The van der Waals surface area contributed by atoms with Crippen LogP contribution in [-0.4, -0.2) is 42.1 Å². The van der Waals surface area contributed by atoms with Gasteiger partial charge in [0.25, 0.3) is 0 Å². The Morgan fingerprint density at radius 2 is 1.91 bits per heavy atom. The summed E-state index contributed by atoms with van der Waals surface area (Å²) in [5.74, 6) is 2.07. The van der Waals surface area contributed by atoms with Crippen molar-refractivity contribution in [2.75, 3.05) is 25.9 Å². The van der Waals surface area contributed by atoms with Crippen molar-refractivity contribution < 1.29 is 56.1 Å². The summed E-state index contributed by atoms with van der Waals surface area (Å²) in [6.07, 6.45) is 5.96. The van der Waals surface area contributed by atoms with Gasteiger partial charge >= 0.3 is 51.4 Å². The van der Waals surface area contributed by atoms with E-state index in [-0.39, 0.29) is 68.4 Å². The molecular weight excluding hydrogens is 425 g/mol. The first-order valence-electron chi connectivity index (χ1n) is 11.6. The van der Waals surface area contributed by atoms with E-state index in [1.807, 2.05) is 19.9 Å². The number of rotatable bonds is 12. The molecule has 0 radical (unpaired) electrons. The van der Waals surface area contributed by atoms with Crippen LogP contribution in [0.5, 0.6) is 5.75 Å². The molecule has 1 atom stereocenters. The summed E-state index contributed by atoms with van der Waals surface area (Å²) < 4.78 is 6.00. The van der Waals surface area contributed by atoms with E-state index in [9.17, 15) is 0 Å². The molecule has 0 aromatic heterocycles. The molecule has 1 saturated carbocycles. The zero-order valence-corrected chi connectivity index (χ0v) is 24.6. The molecule has 1 fully saturated rings. The van der Waals surface area contributed by atoms with Gasteiger partial charge in [-0.15, -0.1) is 0 Å². The topological polar surface area (TPSA) is 100 Å². The molecule has 0 aliphatic heterocycles. The zero-order valence-electron chi connectivity index (χ0n) is 21.5. The predicted octanol–water partition coefficient (Wildman–Crippen LogP) is 3.22. The van der Waals surface area contributed by atoms with Crippen LogP contribution in [0.2, 0.25) is 0 Å². The SMILES string of the molecule is CC.CCC(C)CCN(CC)/C(=C/C(=N)C(=N)c1cc(OC2(C)CC2)ccc1N)[N-]C.[K+]. The van der Waals surface area contributed by atoms with Crippen LogP contribution in [0, 0.1) is 16.7 Å². The van der Waals surface area contributed by atoms with Crippen LogP contribution in [-0.2, 0) is 0 Å². The fourth-order valence-electron chi connectivity index (χ4n) is 3.04. The molecule has 2 rings (SSSR count). The second-order valence-corrected chi connectivity index (χ2v) is 8.20. The first-order chi connectivity index (χ1) is 14.7. The van der Waals surface area contributed by atoms with Gasteiger partial charge in [0.1, 0.15) is 11.4 Å². The van der Waals surface area contributed by atoms with Gasteiger partial charge in [-0.2, -0.15) is 0 Å². The Labute approximate surface area is 238 Å². The van der Waals surface area contributed by atoms with Crippen molar-refractivity contribution in [2.45, 2.75) is 72.8 Å². The van der Waals surface area contributed by atoms with Crippen LogP contribution >= 0.6 is 0 Å². The minimum Gasteiger partial charge on any atom is -0.488 e. The third kappa shape index (κ3) is 9.55. The van der Waals surface area contributed by atoms with Gasteiger partial charge in [-0.3, -0.25) is 10.8 Å². The maximum atomic E-state index is 8.52. The molecule has 0 saturated heterocycles. The van der Waals surface area contributed by atoms with Crippen molar-refractivity contribution in [3.8, 4) is 5.75 Å². The number of benzene rings is 1. The van der Waals surface area contributed by atoms with Gasteiger partial charge in [-0.1, -0.05) is 66.9 Å². The molecule has 7 heteroatoms. The number of hydrogen-bond donors (Lipinski definition) is 3. The van der Waals surface area contributed by atoms with Crippen molar-refractivity contribution >= 4 is 17.1 Å². The van der Waals surface area contributed by atoms with Crippen LogP contribution in [0.4, 0.5) is 5.69 Å². The summed E-state index contributed by atoms with van der Waals surface area (Å²) >= 11 is 0. The maximum Gasteiger partial charge on any atom is 1.00 e. The minimum atomic E-state index is -0.103. The van der Waals surface area contributed by atoms with Gasteiger partial charge in [0.15, 0.2) is 0 Å². The van der Waals surface area contributed by atoms with Gasteiger partial charge in [0, 0.05) is 11.3 Å². The molecule has 174 valence electrons. The van der Waals surface area contributed by atoms with Crippen molar-refractivity contribution in [3.05, 3.63) is 41.0 Å². The fraction of sp³-hybridized carbons (Fsp3) is 0.600. The average Bonchev–Trinajstić information content (AvgIpc) is 3.51. The molecule has 4 N–H and O–H groups in total. The number of nitrogen functional groups attached to an aromatic ring is 1. The molecule has 1 aliphatic carbocycles. The molecule has 1 aliphatic rings. The van der Waals surface area contributed by atoms with E-state index in [1.54, 1.807) is 25.3 Å². The van der Waals surface area contributed by atoms with E-state index < -0.39 is 0 Å². The molecule has 0 bridgehead atoms. The predicted molar refractivity (Wildman–Crippen MR) is 134 cm³/mol. The maximum absolute atomic E-state index is 8.52. The Morgan fingerprint density at radius 3 is 2.41 bits per heavy atom. The van der Waals surface area contributed by atoms with Gasteiger partial charge in [0.05, 0.1) is 11.4 Å². The minimum absolute atomic E-state index is 0. The Hall–Kier alpha value is -0.864. The Balaban J connectivity index is 0.00000311. The molecule has 6 nitrogen and oxygen atoms in total. The second kappa shape index (κ2) is 15.1. The van der Waals surface area contributed by atoms with Crippen LogP contribution in [0.3, 0.4) is 0 Å². The van der Waals surface area contributed by atoms with Gasteiger partial charge < -0.3 is 20.7 Å². The number of allylic oxidation sites excluding steroid dienone is 1. The van der Waals surface area contributed by atoms with Crippen LogP contribution < -0.4 is 61.9 Å². The number of nitrogens with zero attached hydrogens (tertiary/aromatic N) is 2. The van der Waals surface area contributed by atoms with Crippen molar-refractivity contribution in [1.29, 1.82) is 10.8 Å². The number of nitrogens with two attached hydrogens (primary N) is 1. The number of nitrogens with one attached hydrogen (secondary N) is 2. The van der Waals surface area contributed by atoms with Gasteiger partial charge in [0.2, 0.25) is 0 Å². The zero-order chi connectivity index (χ0) is 23.6. The molecule has 32 heavy (non-hydrogen) atoms. The summed E-state index contributed by atoms with van der Waals surface area (Å²) in [6.45, 7) is 14.3. The normalized spacial score (nSPS) is 14.8. The fourth-order valence-corrected chi connectivity index (χ4v) is 3.04. The van der Waals surface area contributed by atoms with Crippen LogP contribution in [0.1, 0.15) is 72.8 Å². The quantitative estimate of drug-likeness (QED) is 0.250. The Kier molecular flexibility index (Phi) is 14.7. The smallest absolute Gasteiger partial charge is 0.488 e. The van der Waals surface area contributed by atoms with E-state index in [0.29, 0.717) is 22.9 Å². The molecule has 1 aromatic rings. The first kappa shape index (κ1) is 31.1. The molecule has 1 unspecified atom stereocenters. The monoisotopic (exact) mass is 467 g/mol. The van der Waals surface area contributed by atoms with E-state index in [0.717, 1.165) is 44.6 Å². The van der Waals surface area contributed by atoms with E-state index in [4.69, 9.17) is 21.3 Å². The first-order valence-corrected chi connectivity index (χ1v) is 11.6. The summed E-state index contributed by atoms with van der Waals surface area (Å²) in [6, 6.07) is 5.35. The van der Waals surface area contributed by atoms with E-state index in [1.165, 1.54) is 0 Å². The molecule has 0 spiro atoms. The number of hydrogen-bond acceptors (Lipinski definition) is 5. The summed E-state index contributed by atoms with van der Waals surface area (Å²) in [5, 5.41) is 21.4. The third-order valence-electron chi connectivity index (χ3n) is 5.68. The third-order valence-corrected chi connectivity index (χ3v) is 5.68. The van der Waals surface area contributed by atoms with E-state index in [2.05, 4.69) is 37.9 Å². The van der Waals surface area contributed by atoms with Crippen LogP contribution in [0.25, 0.3) is 5.32 Å². The molecule has 0 heterocycles. The average molecular weight is 468 g/mol. The second-order valence-electron chi connectivity index (χ2n) is 8.20. The number of ether oxygens (including phenoxy) is 1. The largest absolute Gasteiger partial charge is 1.00 e. The van der Waals surface area contributed by atoms with Crippen molar-refractivity contribution in [2.24, 2.45) is 5.92 Å². The van der Waals surface area contributed by atoms with Crippen molar-refractivity contribution in [3.63, 3.8) is 0 Å². The standard InChI is InChI=1S/C23H36N5O.C2H6.K/c1-6-16(3)10-13-28(7-2)21(27-5)15-20(25)22(26)18-14-17(8-9-19(18)24)29-23(4)11-12-23;1-2;/h8-9,14-16,25-26H,6-7,10-13,24H2,1-5H3;1-2H3;/q-1;;+1/b21-15+,25-20?,26-22?;;. The Bertz CT molecular complexity index is 774.